The SMILES string of the molecule is C=C1/C=C\C(C2=C(C(C3=CC=CCN=C3)c3ccc(Cl)cc3)C=CCC=C2)=C(\C)CN=C(C2=CCCCC=N2)N1C1=CC=CC=CC1.CC.CC. The number of hydrogen-bond donors (Lipinski definition) is 0. The van der Waals surface area contributed by atoms with Crippen molar-refractivity contribution in [2.75, 3.05) is 13.1 Å². The Morgan fingerprint density at radius 1 is 0.824 bits per heavy atom. The van der Waals surface area contributed by atoms with Gasteiger partial charge >= 0.3 is 0 Å². The molecule has 5 heteroatoms. The summed E-state index contributed by atoms with van der Waals surface area (Å²) in [6, 6.07) is 8.20. The number of hydrogen-bond acceptors (Lipinski definition) is 4. The number of allylic oxidation sites excluding steroid dienone is 18. The number of benzene rings is 1. The van der Waals surface area contributed by atoms with E-state index in [1.165, 1.54) is 16.7 Å². The standard InChI is InChI=1S/C42H41ClN4.2C2H6/c1-31-29-46-42(40-20-11-6-13-28-45-40)47(36-16-7-3-4-8-17-36)32(2)21-26-37(31)38-18-9-5-10-19-39(38)41(33-22-24-35(43)25-23-33)34-15-12-14-27-44-30-34;2*1-2/h3-4,7-10,12,14-16,18-26,28,30,41H,2,5-6,11,13,17,27,29H2,1H3;2*1-2H3/b26-21-,37-31+,46-42?;;. The van der Waals surface area contributed by atoms with E-state index in [2.05, 4.69) is 122 Å². The van der Waals surface area contributed by atoms with Gasteiger partial charge < -0.3 is 0 Å². The van der Waals surface area contributed by atoms with Crippen LogP contribution in [-0.4, -0.2) is 36.3 Å². The smallest absolute Gasteiger partial charge is 0.158 e. The largest absolute Gasteiger partial charge is 0.298 e. The molecular weight excluding hydrogens is 644 g/mol. The van der Waals surface area contributed by atoms with E-state index in [9.17, 15) is 0 Å². The Morgan fingerprint density at radius 2 is 1.63 bits per heavy atom. The Balaban J connectivity index is 0.00000141. The Morgan fingerprint density at radius 3 is 2.45 bits per heavy atom. The van der Waals surface area contributed by atoms with Crippen molar-refractivity contribution in [2.45, 2.75) is 72.6 Å². The number of aliphatic imine (C=N–C) groups is 3. The van der Waals surface area contributed by atoms with Gasteiger partial charge in [-0.3, -0.25) is 19.9 Å². The predicted molar refractivity (Wildman–Crippen MR) is 224 cm³/mol. The molecule has 1 atom stereocenters. The first-order valence-electron chi connectivity index (χ1n) is 18.5. The highest BCUT2D eigenvalue weighted by molar-refractivity contribution is 6.30. The highest BCUT2D eigenvalue weighted by Crippen LogP contribution is 2.40. The van der Waals surface area contributed by atoms with Gasteiger partial charge in [-0.1, -0.05) is 137 Å². The zero-order valence-electron chi connectivity index (χ0n) is 31.0. The molecule has 0 bridgehead atoms. The highest BCUT2D eigenvalue weighted by Gasteiger charge is 2.26. The maximum atomic E-state index is 6.37. The summed E-state index contributed by atoms with van der Waals surface area (Å²) >= 11 is 6.37. The molecule has 264 valence electrons. The van der Waals surface area contributed by atoms with E-state index in [4.69, 9.17) is 26.6 Å². The lowest BCUT2D eigenvalue weighted by atomic mass is 9.80. The third kappa shape index (κ3) is 10.4. The first kappa shape index (κ1) is 39.0. The maximum absolute atomic E-state index is 6.37. The molecule has 1 aromatic rings. The molecule has 0 radical (unpaired) electrons. The average molecular weight is 697 g/mol. The van der Waals surface area contributed by atoms with Crippen molar-refractivity contribution in [1.82, 2.24) is 4.90 Å². The van der Waals surface area contributed by atoms with Crippen LogP contribution in [0.5, 0.6) is 0 Å². The third-order valence-electron chi connectivity index (χ3n) is 8.64. The summed E-state index contributed by atoms with van der Waals surface area (Å²) in [6.45, 7) is 16.0. The molecule has 3 heterocycles. The fourth-order valence-electron chi connectivity index (χ4n) is 6.28. The van der Waals surface area contributed by atoms with E-state index < -0.39 is 0 Å². The van der Waals surface area contributed by atoms with Crippen LogP contribution in [0.4, 0.5) is 0 Å². The molecule has 3 aliphatic heterocycles. The molecule has 0 N–H and O–H groups in total. The number of nitrogens with zero attached hydrogens (tertiary/aromatic N) is 4. The molecule has 0 fully saturated rings. The van der Waals surface area contributed by atoms with Gasteiger partial charge in [0, 0.05) is 41.2 Å². The van der Waals surface area contributed by atoms with Crippen LogP contribution in [0.3, 0.4) is 0 Å². The van der Waals surface area contributed by atoms with Crippen LogP contribution >= 0.6 is 11.6 Å². The third-order valence-corrected chi connectivity index (χ3v) is 8.89. The Bertz CT molecular complexity index is 1820. The molecule has 5 aliphatic rings. The lowest BCUT2D eigenvalue weighted by Gasteiger charge is -2.29. The topological polar surface area (TPSA) is 40.3 Å². The molecule has 2 aliphatic carbocycles. The lowest BCUT2D eigenvalue weighted by molar-refractivity contribution is 0.631. The van der Waals surface area contributed by atoms with Crippen molar-refractivity contribution in [3.05, 3.63) is 178 Å². The minimum atomic E-state index is -0.0481. The molecule has 0 spiro atoms. The zero-order chi connectivity index (χ0) is 36.4. The number of halogens is 1. The summed E-state index contributed by atoms with van der Waals surface area (Å²) in [7, 11) is 0. The van der Waals surface area contributed by atoms with Crippen molar-refractivity contribution in [3.63, 3.8) is 0 Å². The van der Waals surface area contributed by atoms with Gasteiger partial charge in [0.2, 0.25) is 0 Å². The monoisotopic (exact) mass is 696 g/mol. The Labute approximate surface area is 311 Å². The first-order valence-corrected chi connectivity index (χ1v) is 18.8. The number of rotatable bonds is 6. The molecule has 1 aromatic carbocycles. The molecule has 6 rings (SSSR count). The van der Waals surface area contributed by atoms with Gasteiger partial charge in [0.25, 0.3) is 0 Å². The van der Waals surface area contributed by atoms with E-state index >= 15 is 0 Å². The van der Waals surface area contributed by atoms with Crippen molar-refractivity contribution in [1.29, 1.82) is 0 Å². The first-order chi connectivity index (χ1) is 25.1. The fourth-order valence-corrected chi connectivity index (χ4v) is 6.41. The van der Waals surface area contributed by atoms with Crippen molar-refractivity contribution < 1.29 is 0 Å². The van der Waals surface area contributed by atoms with E-state index in [0.29, 0.717) is 13.1 Å². The quantitative estimate of drug-likeness (QED) is 0.292. The van der Waals surface area contributed by atoms with Gasteiger partial charge in [0.15, 0.2) is 5.84 Å². The molecule has 4 nitrogen and oxygen atoms in total. The summed E-state index contributed by atoms with van der Waals surface area (Å²) in [4.78, 5) is 17.1. The van der Waals surface area contributed by atoms with Gasteiger partial charge in [-0.05, 0) is 90.3 Å². The van der Waals surface area contributed by atoms with Crippen LogP contribution in [0.25, 0.3) is 0 Å². The van der Waals surface area contributed by atoms with Crippen molar-refractivity contribution in [2.24, 2.45) is 15.0 Å². The summed E-state index contributed by atoms with van der Waals surface area (Å²) in [6.07, 6.45) is 41.3. The van der Waals surface area contributed by atoms with Crippen molar-refractivity contribution >= 4 is 29.9 Å². The minimum Gasteiger partial charge on any atom is -0.298 e. The summed E-state index contributed by atoms with van der Waals surface area (Å²) in [5.41, 5.74) is 9.84. The molecule has 0 aromatic heterocycles. The van der Waals surface area contributed by atoms with Gasteiger partial charge in [0.1, 0.15) is 5.70 Å². The van der Waals surface area contributed by atoms with Crippen LogP contribution in [-0.2, 0) is 0 Å². The second kappa shape index (κ2) is 20.8. The van der Waals surface area contributed by atoms with E-state index in [-0.39, 0.29) is 5.92 Å². The van der Waals surface area contributed by atoms with Gasteiger partial charge in [-0.15, -0.1) is 0 Å². The Kier molecular flexibility index (Phi) is 15.9. The second-order valence-electron chi connectivity index (χ2n) is 12.0. The number of amidine groups is 1. The van der Waals surface area contributed by atoms with E-state index in [1.807, 2.05) is 52.3 Å². The Hall–Kier alpha value is -4.80. The molecule has 0 saturated heterocycles. The maximum Gasteiger partial charge on any atom is 0.158 e. The van der Waals surface area contributed by atoms with Crippen LogP contribution < -0.4 is 0 Å². The van der Waals surface area contributed by atoms with Crippen molar-refractivity contribution in [3.8, 4) is 0 Å². The van der Waals surface area contributed by atoms with Gasteiger partial charge in [-0.25, -0.2) is 0 Å². The molecule has 0 amide bonds. The van der Waals surface area contributed by atoms with Gasteiger partial charge in [0.05, 0.1) is 13.1 Å². The average Bonchev–Trinajstić information content (AvgIpc) is 3.77. The van der Waals surface area contributed by atoms with E-state index in [1.54, 1.807) is 0 Å². The molecule has 51 heavy (non-hydrogen) atoms. The summed E-state index contributed by atoms with van der Waals surface area (Å²) < 4.78 is 0. The molecule has 1 unspecified atom stereocenters. The van der Waals surface area contributed by atoms with E-state index in [0.717, 1.165) is 76.8 Å². The summed E-state index contributed by atoms with van der Waals surface area (Å²) in [5.74, 6) is 0.789. The zero-order valence-corrected chi connectivity index (χ0v) is 31.8. The summed E-state index contributed by atoms with van der Waals surface area (Å²) in [5, 5.41) is 0.721. The van der Waals surface area contributed by atoms with Gasteiger partial charge in [-0.2, -0.15) is 0 Å². The van der Waals surface area contributed by atoms with Crippen LogP contribution in [0.1, 0.15) is 78.2 Å². The second-order valence-corrected chi connectivity index (χ2v) is 12.4. The normalized spacial score (nSPS) is 21.5. The predicted octanol–water partition coefficient (Wildman–Crippen LogP) is 12.5. The van der Waals surface area contributed by atoms with Crippen LogP contribution in [0.2, 0.25) is 5.02 Å². The minimum absolute atomic E-state index is 0.0481. The fraction of sp³-hybridized carbons (Fsp3) is 0.283. The van der Waals surface area contributed by atoms with Crippen LogP contribution in [0, 0.1) is 0 Å². The molecular formula is C46H53ClN4. The molecule has 0 saturated carbocycles. The van der Waals surface area contributed by atoms with Crippen LogP contribution in [0.15, 0.2) is 182 Å². The highest BCUT2D eigenvalue weighted by atomic mass is 35.5. The lowest BCUT2D eigenvalue weighted by Crippen LogP contribution is -2.30.